The molecule has 1 aliphatic rings. The summed E-state index contributed by atoms with van der Waals surface area (Å²) < 4.78 is 0. The summed E-state index contributed by atoms with van der Waals surface area (Å²) >= 11 is 0. The van der Waals surface area contributed by atoms with Crippen LogP contribution < -0.4 is 10.2 Å². The number of fused-ring (bicyclic) bond motifs is 3. The highest BCUT2D eigenvalue weighted by Crippen LogP contribution is 2.50. The van der Waals surface area contributed by atoms with E-state index in [4.69, 9.17) is 0 Å². The summed E-state index contributed by atoms with van der Waals surface area (Å²) in [7, 11) is 0. The molecule has 0 fully saturated rings. The Morgan fingerprint density at radius 1 is 0.939 bits per heavy atom. The molecule has 0 amide bonds. The van der Waals surface area contributed by atoms with Crippen molar-refractivity contribution in [1.29, 1.82) is 5.26 Å². The van der Waals surface area contributed by atoms with Crippen molar-refractivity contribution < 1.29 is 4.79 Å². The van der Waals surface area contributed by atoms with Crippen LogP contribution in [0.2, 0.25) is 0 Å². The number of carbonyl (C=O) groups excluding carboxylic acids is 1. The first kappa shape index (κ1) is 35.4. The summed E-state index contributed by atoms with van der Waals surface area (Å²) in [5.74, 6) is 0. The number of para-hydroxylation sites is 1. The molecule has 1 atom stereocenters. The smallest absolute Gasteiger partial charge is 0.121 e. The number of hydrogen-bond acceptors (Lipinski definition) is 4. The Morgan fingerprint density at radius 2 is 1.69 bits per heavy atom. The number of rotatable bonds is 16. The number of allylic oxidation sites excluding steroid dienone is 6. The van der Waals surface area contributed by atoms with E-state index >= 15 is 0 Å². The fourth-order valence-electron chi connectivity index (χ4n) is 7.63. The summed E-state index contributed by atoms with van der Waals surface area (Å²) in [4.78, 5) is 13.8. The van der Waals surface area contributed by atoms with Gasteiger partial charge in [0, 0.05) is 47.4 Å². The fraction of sp³-hybridized carbons (Fsp3) is 0.333. The molecule has 0 saturated carbocycles. The minimum absolute atomic E-state index is 0.133. The van der Waals surface area contributed by atoms with Crippen LogP contribution in [0.1, 0.15) is 82.9 Å². The molecule has 1 heterocycles. The molecule has 252 valence electrons. The van der Waals surface area contributed by atoms with Crippen LogP contribution in [0.15, 0.2) is 127 Å². The highest BCUT2D eigenvalue weighted by atomic mass is 16.1. The van der Waals surface area contributed by atoms with Gasteiger partial charge in [-0.1, -0.05) is 125 Å². The number of nitrogens with one attached hydrogen (secondary N) is 1. The third-order valence-corrected chi connectivity index (χ3v) is 10.0. The monoisotopic (exact) mass is 649 g/mol. The topological polar surface area (TPSA) is 56.1 Å². The van der Waals surface area contributed by atoms with Crippen LogP contribution in [0, 0.1) is 11.3 Å². The second kappa shape index (κ2) is 16.5. The van der Waals surface area contributed by atoms with Gasteiger partial charge in [0.1, 0.15) is 6.29 Å². The molecule has 4 nitrogen and oxygen atoms in total. The van der Waals surface area contributed by atoms with E-state index in [9.17, 15) is 10.1 Å². The summed E-state index contributed by atoms with van der Waals surface area (Å²) in [6, 6.07) is 34.9. The molecule has 1 N–H and O–H groups in total. The van der Waals surface area contributed by atoms with Crippen LogP contribution >= 0.6 is 0 Å². The van der Waals surface area contributed by atoms with Gasteiger partial charge in [-0.15, -0.1) is 0 Å². The zero-order chi connectivity index (χ0) is 34.7. The number of nitrogens with zero attached hydrogens (tertiary/aromatic N) is 2. The lowest BCUT2D eigenvalue weighted by Crippen LogP contribution is -2.30. The van der Waals surface area contributed by atoms with Crippen LogP contribution in [0.4, 0.5) is 11.4 Å². The normalized spacial score (nSPS) is 16.1. The summed E-state index contributed by atoms with van der Waals surface area (Å²) in [5, 5.41) is 16.5. The molecule has 5 rings (SSSR count). The minimum Gasteiger partial charge on any atom is -0.385 e. The number of carbonyl (C=O) groups is 1. The van der Waals surface area contributed by atoms with Gasteiger partial charge in [0.2, 0.25) is 0 Å². The van der Waals surface area contributed by atoms with Gasteiger partial charge in [-0.05, 0) is 83.5 Å². The number of hydrogen-bond donors (Lipinski definition) is 1. The van der Waals surface area contributed by atoms with E-state index in [2.05, 4.69) is 147 Å². The lowest BCUT2D eigenvalue weighted by atomic mass is 9.69. The van der Waals surface area contributed by atoms with Gasteiger partial charge >= 0.3 is 0 Å². The summed E-state index contributed by atoms with van der Waals surface area (Å²) in [5.41, 5.74) is 7.55. The van der Waals surface area contributed by atoms with Crippen LogP contribution in [0.25, 0.3) is 10.8 Å². The first-order valence-corrected chi connectivity index (χ1v) is 18.0. The van der Waals surface area contributed by atoms with Gasteiger partial charge < -0.3 is 15.0 Å². The van der Waals surface area contributed by atoms with Crippen LogP contribution in [0.3, 0.4) is 0 Å². The third kappa shape index (κ3) is 7.89. The van der Waals surface area contributed by atoms with Gasteiger partial charge in [0.25, 0.3) is 0 Å². The van der Waals surface area contributed by atoms with Crippen molar-refractivity contribution in [2.24, 2.45) is 0 Å². The molecule has 0 bridgehead atoms. The minimum atomic E-state index is -0.306. The number of unbranched alkanes of at least 4 members (excludes halogenated alkanes) is 1. The Morgan fingerprint density at radius 3 is 2.45 bits per heavy atom. The van der Waals surface area contributed by atoms with Crippen molar-refractivity contribution in [3.63, 3.8) is 0 Å². The van der Waals surface area contributed by atoms with E-state index in [1.165, 1.54) is 33.2 Å². The highest BCUT2D eigenvalue weighted by molar-refractivity contribution is 5.95. The summed E-state index contributed by atoms with van der Waals surface area (Å²) in [6.45, 7) is 10.5. The molecule has 0 aromatic heterocycles. The van der Waals surface area contributed by atoms with Gasteiger partial charge in [0.05, 0.1) is 11.6 Å². The van der Waals surface area contributed by atoms with Crippen molar-refractivity contribution in [3.8, 4) is 6.07 Å². The Kier molecular flexibility index (Phi) is 11.9. The van der Waals surface area contributed by atoms with E-state index in [1.54, 1.807) is 0 Å². The second-order valence-corrected chi connectivity index (χ2v) is 13.8. The van der Waals surface area contributed by atoms with Crippen LogP contribution in [0.5, 0.6) is 0 Å². The summed E-state index contributed by atoms with van der Waals surface area (Å²) in [6.07, 6.45) is 15.8. The predicted molar refractivity (Wildman–Crippen MR) is 207 cm³/mol. The van der Waals surface area contributed by atoms with Gasteiger partial charge in [0.15, 0.2) is 0 Å². The molecule has 0 radical (unpaired) electrons. The maximum atomic E-state index is 11.5. The van der Waals surface area contributed by atoms with Crippen molar-refractivity contribution in [2.45, 2.75) is 83.5 Å². The molecule has 0 saturated heterocycles. The molecule has 1 aliphatic heterocycles. The first-order valence-electron chi connectivity index (χ1n) is 18.0. The van der Waals surface area contributed by atoms with Crippen molar-refractivity contribution in [3.05, 3.63) is 143 Å². The van der Waals surface area contributed by atoms with Crippen LogP contribution in [-0.4, -0.2) is 19.4 Å². The largest absolute Gasteiger partial charge is 0.385 e. The lowest BCUT2D eigenvalue weighted by Gasteiger charge is -2.36. The molecule has 4 heteroatoms. The van der Waals surface area contributed by atoms with E-state index in [0.29, 0.717) is 18.5 Å². The second-order valence-electron chi connectivity index (χ2n) is 13.8. The van der Waals surface area contributed by atoms with Gasteiger partial charge in [-0.3, -0.25) is 0 Å². The number of aldehydes is 1. The maximum absolute atomic E-state index is 11.5. The van der Waals surface area contributed by atoms with E-state index in [1.807, 2.05) is 12.2 Å². The average Bonchev–Trinajstić information content (AvgIpc) is 3.35. The zero-order valence-electron chi connectivity index (χ0n) is 29.7. The number of nitriles is 1. The highest BCUT2D eigenvalue weighted by Gasteiger charge is 2.41. The van der Waals surface area contributed by atoms with E-state index in [0.717, 1.165) is 62.7 Å². The lowest BCUT2D eigenvalue weighted by molar-refractivity contribution is -0.107. The third-order valence-electron chi connectivity index (χ3n) is 10.0. The molecular formula is C45H51N3O. The molecule has 0 aliphatic carbocycles. The maximum Gasteiger partial charge on any atom is 0.121 e. The molecule has 49 heavy (non-hydrogen) atoms. The Balaban J connectivity index is 1.52. The molecule has 4 aromatic carbocycles. The molecule has 0 spiro atoms. The van der Waals surface area contributed by atoms with E-state index in [-0.39, 0.29) is 10.8 Å². The predicted octanol–water partition coefficient (Wildman–Crippen LogP) is 11.0. The molecular weight excluding hydrogens is 599 g/mol. The van der Waals surface area contributed by atoms with Crippen molar-refractivity contribution in [1.82, 2.24) is 0 Å². The average molecular weight is 650 g/mol. The Labute approximate surface area is 293 Å². The van der Waals surface area contributed by atoms with Crippen molar-refractivity contribution in [2.75, 3.05) is 23.3 Å². The van der Waals surface area contributed by atoms with E-state index < -0.39 is 0 Å². The van der Waals surface area contributed by atoms with Crippen LogP contribution in [-0.2, 0) is 22.0 Å². The number of benzene rings is 4. The standard InChI is InChI=1S/C45H51N3O/c1-5-7-28-45(33-35-17-9-8-10-18-35,39-22-13-14-23-40(39)47-30-6-2)29-15-19-36(34-46)24-27-42-44(3,4)43-38-21-12-11-20-37(38)25-26-41(43)48(42)31-16-32-49/h8-15,17-27,32,47H,5-7,16,28-31,33H2,1-4H3/b19-15+,36-24-,42-27+. The SMILES string of the molecule is CCCCC(C/C=C/C(C#N)=C/C=C1/N(CCC=O)c2ccc3ccccc3c2C1(C)C)(Cc1ccccc1)c1ccccc1NCCC. The molecule has 1 unspecified atom stereocenters. The molecule has 4 aromatic rings. The Hall–Kier alpha value is -4.88. The van der Waals surface area contributed by atoms with Gasteiger partial charge in [-0.2, -0.15) is 5.26 Å². The zero-order valence-corrected chi connectivity index (χ0v) is 29.7. The fourth-order valence-corrected chi connectivity index (χ4v) is 7.63. The number of anilines is 2. The van der Waals surface area contributed by atoms with Crippen molar-refractivity contribution >= 4 is 28.4 Å². The Bertz CT molecular complexity index is 1860. The van der Waals surface area contributed by atoms with Gasteiger partial charge in [-0.25, -0.2) is 0 Å². The first-order chi connectivity index (χ1) is 23.9. The quantitative estimate of drug-likeness (QED) is 0.0745.